The van der Waals surface area contributed by atoms with E-state index in [-0.39, 0.29) is 11.8 Å². The molecule has 1 heterocycles. The van der Waals surface area contributed by atoms with Crippen molar-refractivity contribution in [3.8, 4) is 0 Å². The number of hydrogen-bond donors (Lipinski definition) is 4. The molecule has 1 fully saturated rings. The molecule has 4 aromatic carbocycles. The van der Waals surface area contributed by atoms with Crippen molar-refractivity contribution in [1.29, 1.82) is 0 Å². The standard InChI is InChI=1S/C36H44N6O2P2/c37-19-21-39-35(43)23-29-11-15-31(16-12-29)41-25-45(33-7-3-1-4-8-33)26-42(28-46(27-41)34-9-5-2-6-10-34)32-17-13-30(14-18-32)24-36(44)40-22-20-38/h1-18H,19-28,37-38H2,(H,39,43)(H,40,44). The van der Waals surface area contributed by atoms with E-state index in [1.54, 1.807) is 0 Å². The summed E-state index contributed by atoms with van der Waals surface area (Å²) in [5, 5.41) is 8.47. The molecule has 0 spiro atoms. The second-order valence-electron chi connectivity index (χ2n) is 11.4. The SMILES string of the molecule is NCCNC(=O)Cc1ccc(N2CP(c3ccccc3)CN(c3ccc(CC(=O)NCCN)cc3)CP(c3ccccc3)C2)cc1. The highest BCUT2D eigenvalue weighted by Crippen LogP contribution is 2.47. The van der Waals surface area contributed by atoms with Crippen LogP contribution >= 0.6 is 15.8 Å². The fourth-order valence-corrected chi connectivity index (χ4v) is 10.5. The zero-order chi connectivity index (χ0) is 32.1. The molecule has 5 rings (SSSR count). The first-order chi connectivity index (χ1) is 22.5. The normalized spacial score (nSPS) is 16.7. The number of carbonyl (C=O) groups is 2. The minimum absolute atomic E-state index is 0.00681. The summed E-state index contributed by atoms with van der Waals surface area (Å²) in [6.45, 7) is 1.85. The maximum Gasteiger partial charge on any atom is 0.224 e. The highest BCUT2D eigenvalue weighted by molar-refractivity contribution is 7.67. The predicted octanol–water partition coefficient (Wildman–Crippen LogP) is 3.69. The van der Waals surface area contributed by atoms with Crippen LogP contribution in [0.2, 0.25) is 0 Å². The van der Waals surface area contributed by atoms with Gasteiger partial charge in [0.05, 0.1) is 12.8 Å². The fraction of sp³-hybridized carbons (Fsp3) is 0.278. The van der Waals surface area contributed by atoms with Crippen molar-refractivity contribution < 1.29 is 9.59 Å². The number of carbonyl (C=O) groups excluding carboxylic acids is 2. The predicted molar refractivity (Wildman–Crippen MR) is 195 cm³/mol. The smallest absolute Gasteiger partial charge is 0.224 e. The zero-order valence-electron chi connectivity index (χ0n) is 26.2. The number of hydrogen-bond acceptors (Lipinski definition) is 6. The molecule has 0 aromatic heterocycles. The van der Waals surface area contributed by atoms with Crippen molar-refractivity contribution in [1.82, 2.24) is 10.6 Å². The van der Waals surface area contributed by atoms with Crippen LogP contribution in [0.5, 0.6) is 0 Å². The van der Waals surface area contributed by atoms with Crippen molar-refractivity contribution >= 4 is 49.6 Å². The topological polar surface area (TPSA) is 117 Å². The Bertz CT molecular complexity index is 1400. The van der Waals surface area contributed by atoms with Crippen LogP contribution in [-0.2, 0) is 22.4 Å². The van der Waals surface area contributed by atoms with Gasteiger partial charge < -0.3 is 31.9 Å². The molecule has 46 heavy (non-hydrogen) atoms. The number of amides is 2. The van der Waals surface area contributed by atoms with E-state index in [1.165, 1.54) is 22.0 Å². The Morgan fingerprint density at radius 2 is 0.891 bits per heavy atom. The van der Waals surface area contributed by atoms with Gasteiger partial charge in [-0.3, -0.25) is 9.59 Å². The molecule has 0 atom stereocenters. The van der Waals surface area contributed by atoms with E-state index < -0.39 is 15.8 Å². The molecule has 10 heteroatoms. The molecule has 8 nitrogen and oxygen atoms in total. The van der Waals surface area contributed by atoms with Crippen molar-refractivity contribution in [3.05, 3.63) is 120 Å². The molecule has 4 aromatic rings. The Balaban J connectivity index is 1.42. The van der Waals surface area contributed by atoms with Crippen molar-refractivity contribution in [2.75, 3.05) is 61.1 Å². The Morgan fingerprint density at radius 1 is 0.543 bits per heavy atom. The van der Waals surface area contributed by atoms with Crippen LogP contribution in [-0.4, -0.2) is 63.1 Å². The van der Waals surface area contributed by atoms with E-state index in [1.807, 2.05) is 0 Å². The fourth-order valence-electron chi connectivity index (χ4n) is 5.50. The van der Waals surface area contributed by atoms with E-state index in [9.17, 15) is 9.59 Å². The third kappa shape index (κ3) is 9.60. The average molecular weight is 655 g/mol. The lowest BCUT2D eigenvalue weighted by atomic mass is 10.1. The van der Waals surface area contributed by atoms with Crippen LogP contribution < -0.4 is 42.5 Å². The van der Waals surface area contributed by atoms with Crippen molar-refractivity contribution in [3.63, 3.8) is 0 Å². The van der Waals surface area contributed by atoms with Gasteiger partial charge >= 0.3 is 0 Å². The van der Waals surface area contributed by atoms with Crippen LogP contribution in [0.3, 0.4) is 0 Å². The molecule has 0 unspecified atom stereocenters. The maximum atomic E-state index is 12.3. The highest BCUT2D eigenvalue weighted by atomic mass is 31.1. The third-order valence-electron chi connectivity index (χ3n) is 7.87. The van der Waals surface area contributed by atoms with Gasteiger partial charge in [0.2, 0.25) is 11.8 Å². The molecule has 6 N–H and O–H groups in total. The van der Waals surface area contributed by atoms with Crippen LogP contribution in [0.15, 0.2) is 109 Å². The van der Waals surface area contributed by atoms with Crippen LogP contribution in [0.1, 0.15) is 11.1 Å². The molecule has 240 valence electrons. The molecule has 1 aliphatic rings. The van der Waals surface area contributed by atoms with Gasteiger partial charge in [0.15, 0.2) is 0 Å². The van der Waals surface area contributed by atoms with E-state index in [4.69, 9.17) is 11.5 Å². The number of rotatable bonds is 12. The number of nitrogens with zero attached hydrogens (tertiary/aromatic N) is 2. The number of benzene rings is 4. The Morgan fingerprint density at radius 3 is 1.22 bits per heavy atom. The molecule has 0 bridgehead atoms. The lowest BCUT2D eigenvalue weighted by molar-refractivity contribution is -0.121. The van der Waals surface area contributed by atoms with Gasteiger partial charge in [-0.1, -0.05) is 84.9 Å². The molecule has 0 aliphatic carbocycles. The van der Waals surface area contributed by atoms with Gasteiger partial charge in [-0.15, -0.1) is 0 Å². The molecule has 1 aliphatic heterocycles. The second-order valence-corrected chi connectivity index (χ2v) is 15.7. The van der Waals surface area contributed by atoms with E-state index in [0.29, 0.717) is 39.0 Å². The first-order valence-electron chi connectivity index (χ1n) is 15.7. The van der Waals surface area contributed by atoms with Crippen LogP contribution in [0.4, 0.5) is 11.4 Å². The number of nitrogens with two attached hydrogens (primary N) is 2. The van der Waals surface area contributed by atoms with E-state index in [2.05, 4.69) is 130 Å². The Kier molecular flexibility index (Phi) is 12.6. The van der Waals surface area contributed by atoms with Gasteiger partial charge in [-0.2, -0.15) is 0 Å². The third-order valence-corrected chi connectivity index (χ3v) is 12.7. The zero-order valence-corrected chi connectivity index (χ0v) is 28.0. The summed E-state index contributed by atoms with van der Waals surface area (Å²) in [5.41, 5.74) is 15.4. The Labute approximate surface area is 275 Å². The van der Waals surface area contributed by atoms with Crippen LogP contribution in [0.25, 0.3) is 0 Å². The average Bonchev–Trinajstić information content (AvgIpc) is 3.08. The Hall–Kier alpha value is -3.80. The van der Waals surface area contributed by atoms with Gasteiger partial charge in [0.25, 0.3) is 0 Å². The lowest BCUT2D eigenvalue weighted by Crippen LogP contribution is -2.38. The summed E-state index contributed by atoms with van der Waals surface area (Å²) in [7, 11) is -1.14. The summed E-state index contributed by atoms with van der Waals surface area (Å²) in [4.78, 5) is 29.7. The summed E-state index contributed by atoms with van der Waals surface area (Å²) >= 11 is 0. The van der Waals surface area contributed by atoms with E-state index >= 15 is 0 Å². The summed E-state index contributed by atoms with van der Waals surface area (Å²) in [5.74, 6) is -0.0136. The second kappa shape index (κ2) is 17.2. The molecular weight excluding hydrogens is 610 g/mol. The minimum Gasteiger partial charge on any atom is -0.363 e. The molecule has 0 saturated carbocycles. The van der Waals surface area contributed by atoms with E-state index in [0.717, 1.165) is 36.3 Å². The van der Waals surface area contributed by atoms with Gasteiger partial charge in [-0.25, -0.2) is 0 Å². The quantitative estimate of drug-likeness (QED) is 0.173. The largest absolute Gasteiger partial charge is 0.363 e. The summed E-state index contributed by atoms with van der Waals surface area (Å²) < 4.78 is 0. The highest BCUT2D eigenvalue weighted by Gasteiger charge is 2.28. The molecule has 1 saturated heterocycles. The molecule has 0 radical (unpaired) electrons. The van der Waals surface area contributed by atoms with Gasteiger partial charge in [0, 0.05) is 62.7 Å². The lowest BCUT2D eigenvalue weighted by Gasteiger charge is -2.41. The maximum absolute atomic E-state index is 12.3. The van der Waals surface area contributed by atoms with Crippen molar-refractivity contribution in [2.24, 2.45) is 11.5 Å². The van der Waals surface area contributed by atoms with Crippen LogP contribution in [0, 0.1) is 0 Å². The molecular formula is C36H44N6O2P2. The van der Waals surface area contributed by atoms with Gasteiger partial charge in [-0.05, 0) is 61.8 Å². The first-order valence-corrected chi connectivity index (χ1v) is 19.2. The first kappa shape index (κ1) is 33.6. The van der Waals surface area contributed by atoms with Crippen molar-refractivity contribution in [2.45, 2.75) is 12.8 Å². The number of anilines is 2. The minimum atomic E-state index is -0.571. The monoisotopic (exact) mass is 654 g/mol. The molecule has 2 amide bonds. The number of nitrogens with one attached hydrogen (secondary N) is 2. The summed E-state index contributed by atoms with van der Waals surface area (Å²) in [6, 6.07) is 38.7. The summed E-state index contributed by atoms with van der Waals surface area (Å²) in [6.07, 6.45) is 4.41. The van der Waals surface area contributed by atoms with Gasteiger partial charge in [0.1, 0.15) is 0 Å².